The van der Waals surface area contributed by atoms with E-state index in [4.69, 9.17) is 4.74 Å². The molecule has 2 bridgehead atoms. The summed E-state index contributed by atoms with van der Waals surface area (Å²) in [6.07, 6.45) is 4.23. The Kier molecular flexibility index (Phi) is 8.86. The van der Waals surface area contributed by atoms with Gasteiger partial charge in [0.05, 0.1) is 16.8 Å². The number of ether oxygens (including phenoxy) is 1. The molecule has 0 amide bonds. The molecule has 0 aliphatic carbocycles. The van der Waals surface area contributed by atoms with Gasteiger partial charge in [0.25, 0.3) is 0 Å². The topological polar surface area (TPSA) is 79.5 Å². The van der Waals surface area contributed by atoms with E-state index < -0.39 is 15.1 Å². The molecule has 2 aliphatic rings. The Hall–Kier alpha value is -2.45. The second kappa shape index (κ2) is 12.2. The maximum Gasteiger partial charge on any atom is 0.184 e. The molecule has 216 valence electrons. The largest absolute Gasteiger partial charge is 0.494 e. The van der Waals surface area contributed by atoms with Crippen molar-refractivity contribution in [3.63, 3.8) is 0 Å². The summed E-state index contributed by atoms with van der Waals surface area (Å²) >= 11 is 0. The van der Waals surface area contributed by atoms with E-state index in [9.17, 15) is 8.42 Å². The van der Waals surface area contributed by atoms with Gasteiger partial charge in [-0.05, 0) is 86.2 Å². The van der Waals surface area contributed by atoms with Gasteiger partial charge in [0.1, 0.15) is 5.75 Å². The second-order valence-electron chi connectivity index (χ2n) is 12.6. The lowest BCUT2D eigenvalue weighted by Gasteiger charge is -2.36. The zero-order valence-electron chi connectivity index (χ0n) is 24.3. The van der Waals surface area contributed by atoms with Crippen LogP contribution in [-0.4, -0.2) is 50.5 Å². The van der Waals surface area contributed by atoms with Crippen molar-refractivity contribution in [1.82, 2.24) is 16.0 Å². The van der Waals surface area contributed by atoms with Gasteiger partial charge in [-0.2, -0.15) is 0 Å². The Morgan fingerprint density at radius 1 is 0.975 bits per heavy atom. The Labute approximate surface area is 240 Å². The Balaban J connectivity index is 1.35. The average Bonchev–Trinajstić information content (AvgIpc) is 3.52. The van der Waals surface area contributed by atoms with Crippen molar-refractivity contribution in [3.05, 3.63) is 72.3 Å². The van der Waals surface area contributed by atoms with E-state index in [1.807, 2.05) is 6.07 Å². The molecule has 0 radical (unpaired) electrons. The van der Waals surface area contributed by atoms with Crippen molar-refractivity contribution in [2.75, 3.05) is 13.2 Å². The monoisotopic (exact) mass is 563 g/mol. The Morgan fingerprint density at radius 3 is 2.45 bits per heavy atom. The fraction of sp³-hybridized carbons (Fsp3) is 0.515. The molecule has 0 spiro atoms. The minimum Gasteiger partial charge on any atom is -0.494 e. The second-order valence-corrected chi connectivity index (χ2v) is 14.7. The summed E-state index contributed by atoms with van der Waals surface area (Å²) in [4.78, 5) is 0.368. The first-order valence-corrected chi connectivity index (χ1v) is 16.4. The van der Waals surface area contributed by atoms with E-state index in [1.165, 1.54) is 10.8 Å². The number of fused-ring (bicyclic) bond motifs is 3. The highest BCUT2D eigenvalue weighted by Crippen LogP contribution is 2.40. The maximum absolute atomic E-state index is 14.2. The normalized spacial score (nSPS) is 24.6. The molecule has 3 aromatic rings. The van der Waals surface area contributed by atoms with Crippen molar-refractivity contribution in [3.8, 4) is 5.75 Å². The lowest BCUT2D eigenvalue weighted by atomic mass is 9.85. The van der Waals surface area contributed by atoms with Crippen LogP contribution in [0.5, 0.6) is 5.75 Å². The summed E-state index contributed by atoms with van der Waals surface area (Å²) in [5.41, 5.74) is 1.14. The van der Waals surface area contributed by atoms with E-state index in [-0.39, 0.29) is 29.6 Å². The summed E-state index contributed by atoms with van der Waals surface area (Å²) < 4.78 is 34.3. The Morgan fingerprint density at radius 2 is 1.73 bits per heavy atom. The smallest absolute Gasteiger partial charge is 0.184 e. The molecule has 0 aromatic heterocycles. The molecule has 7 heteroatoms. The van der Waals surface area contributed by atoms with E-state index in [0.29, 0.717) is 18.0 Å². The average molecular weight is 564 g/mol. The van der Waals surface area contributed by atoms with Crippen LogP contribution in [0.1, 0.15) is 58.9 Å². The van der Waals surface area contributed by atoms with Crippen LogP contribution in [0.15, 0.2) is 71.6 Å². The maximum atomic E-state index is 14.2. The van der Waals surface area contributed by atoms with Crippen LogP contribution in [-0.2, 0) is 16.4 Å². The highest BCUT2D eigenvalue weighted by molar-refractivity contribution is 7.92. The van der Waals surface area contributed by atoms with Crippen molar-refractivity contribution < 1.29 is 13.2 Å². The van der Waals surface area contributed by atoms with Gasteiger partial charge in [-0.25, -0.2) is 8.42 Å². The van der Waals surface area contributed by atoms with Gasteiger partial charge >= 0.3 is 0 Å². The van der Waals surface area contributed by atoms with Gasteiger partial charge in [0.2, 0.25) is 0 Å². The third-order valence-corrected chi connectivity index (χ3v) is 10.6. The summed E-state index contributed by atoms with van der Waals surface area (Å²) in [7, 11) is -3.60. The molecule has 3 aromatic carbocycles. The standard InChI is InChI=1S/C33H45N3O3S/c1-5-6-9-18-39-27-14-16-28(17-15-27)40(37,38)32-30-26(22-35-33(2,3)4)20-29(36-30)31(32)34-21-23-12-13-24-10-7-8-11-25(24)19-23/h7-8,10-17,19,26,29-32,34-36H,5-6,9,18,20-22H2,1-4H3/t26-,29-,30+,31-,32-/m1/s1. The number of nitrogens with one attached hydrogen (secondary N) is 3. The summed E-state index contributed by atoms with van der Waals surface area (Å²) in [5, 5.41) is 12.9. The molecule has 2 heterocycles. The van der Waals surface area contributed by atoms with Gasteiger partial charge in [-0.15, -0.1) is 0 Å². The first-order chi connectivity index (χ1) is 19.2. The van der Waals surface area contributed by atoms with Gasteiger partial charge in [0, 0.05) is 36.8 Å². The molecule has 5 rings (SSSR count). The molecule has 0 saturated carbocycles. The molecular formula is C33H45N3O3S. The molecular weight excluding hydrogens is 518 g/mol. The van der Waals surface area contributed by atoms with Crippen LogP contribution in [0.4, 0.5) is 0 Å². The predicted octanol–water partition coefficient (Wildman–Crippen LogP) is 5.46. The van der Waals surface area contributed by atoms with Crippen LogP contribution >= 0.6 is 0 Å². The lowest BCUT2D eigenvalue weighted by Crippen LogP contribution is -2.55. The highest BCUT2D eigenvalue weighted by atomic mass is 32.2. The quantitative estimate of drug-likeness (QED) is 0.254. The summed E-state index contributed by atoms with van der Waals surface area (Å²) in [6.45, 7) is 10.7. The number of rotatable bonds is 12. The van der Waals surface area contributed by atoms with Crippen molar-refractivity contribution in [2.24, 2.45) is 5.92 Å². The number of benzene rings is 3. The van der Waals surface area contributed by atoms with E-state index >= 15 is 0 Å². The highest BCUT2D eigenvalue weighted by Gasteiger charge is 2.57. The number of sulfone groups is 1. The number of hydrogen-bond acceptors (Lipinski definition) is 6. The third-order valence-electron chi connectivity index (χ3n) is 8.39. The third kappa shape index (κ3) is 6.54. The molecule has 3 N–H and O–H groups in total. The molecule has 6 nitrogen and oxygen atoms in total. The molecule has 5 atom stereocenters. The molecule has 2 fully saturated rings. The van der Waals surface area contributed by atoms with E-state index in [2.05, 4.69) is 80.0 Å². The van der Waals surface area contributed by atoms with Gasteiger partial charge < -0.3 is 20.7 Å². The van der Waals surface area contributed by atoms with Crippen molar-refractivity contribution >= 4 is 20.6 Å². The van der Waals surface area contributed by atoms with Crippen LogP contribution in [0.3, 0.4) is 0 Å². The zero-order chi connectivity index (χ0) is 28.3. The van der Waals surface area contributed by atoms with Crippen molar-refractivity contribution in [1.29, 1.82) is 0 Å². The molecule has 40 heavy (non-hydrogen) atoms. The van der Waals surface area contributed by atoms with Crippen molar-refractivity contribution in [2.45, 2.75) is 93.7 Å². The van der Waals surface area contributed by atoms with Gasteiger partial charge in [0.15, 0.2) is 9.84 Å². The fourth-order valence-electron chi connectivity index (χ4n) is 6.29. The Bertz CT molecular complexity index is 1380. The fourth-order valence-corrected chi connectivity index (χ4v) is 8.48. The van der Waals surface area contributed by atoms with E-state index in [0.717, 1.165) is 43.5 Å². The predicted molar refractivity (Wildman–Crippen MR) is 164 cm³/mol. The van der Waals surface area contributed by atoms with Gasteiger partial charge in [-0.3, -0.25) is 0 Å². The first-order valence-electron chi connectivity index (χ1n) is 14.8. The SMILES string of the molecule is CCCCCOc1ccc(S(=O)(=O)[C@@H]2[C@H]3N[C@H](C[C@@H]3CNC(C)(C)C)[C@H]2NCc2ccc3ccccc3c2)cc1. The number of hydrogen-bond donors (Lipinski definition) is 3. The van der Waals surface area contributed by atoms with Crippen LogP contribution in [0, 0.1) is 5.92 Å². The summed E-state index contributed by atoms with van der Waals surface area (Å²) in [5.74, 6) is 0.975. The number of unbranched alkanes of at least 4 members (excludes halogenated alkanes) is 2. The summed E-state index contributed by atoms with van der Waals surface area (Å²) in [6, 6.07) is 21.7. The minimum atomic E-state index is -3.60. The molecule has 2 aliphatic heterocycles. The molecule has 0 unspecified atom stereocenters. The van der Waals surface area contributed by atoms with Gasteiger partial charge in [-0.1, -0.05) is 56.2 Å². The van der Waals surface area contributed by atoms with Crippen LogP contribution in [0.2, 0.25) is 0 Å². The van der Waals surface area contributed by atoms with Crippen LogP contribution < -0.4 is 20.7 Å². The van der Waals surface area contributed by atoms with E-state index in [1.54, 1.807) is 24.3 Å². The zero-order valence-corrected chi connectivity index (χ0v) is 25.1. The first kappa shape index (κ1) is 29.1. The van der Waals surface area contributed by atoms with Crippen LogP contribution in [0.25, 0.3) is 10.8 Å². The molecule has 2 saturated heterocycles. The minimum absolute atomic E-state index is 0.0170. The lowest BCUT2D eigenvalue weighted by molar-refractivity contribution is 0.301.